The van der Waals surface area contributed by atoms with Crippen LogP contribution in [-0.4, -0.2) is 71.6 Å². The van der Waals surface area contributed by atoms with E-state index >= 15 is 0 Å². The van der Waals surface area contributed by atoms with Crippen LogP contribution in [0.1, 0.15) is 0 Å². The van der Waals surface area contributed by atoms with Crippen molar-refractivity contribution in [3.05, 3.63) is 0 Å². The van der Waals surface area contributed by atoms with Gasteiger partial charge in [0.15, 0.2) is 0 Å². The van der Waals surface area contributed by atoms with Gasteiger partial charge in [-0.25, -0.2) is 4.79 Å². The van der Waals surface area contributed by atoms with Crippen LogP contribution in [0, 0.1) is 0 Å². The molecule has 3 N–H and O–H groups in total. The minimum Gasteiger partial charge on any atom is -0.480 e. The summed E-state index contributed by atoms with van der Waals surface area (Å²) in [5, 5.41) is 18.1. The second-order valence-electron chi connectivity index (χ2n) is 3.93. The molecule has 0 radical (unpaired) electrons. The summed E-state index contributed by atoms with van der Waals surface area (Å²) in [6.45, 7) is -0.307. The Morgan fingerprint density at radius 1 is 1.14 bits per heavy atom. The van der Waals surface area contributed by atoms with E-state index < -0.39 is 36.9 Å². The van der Waals surface area contributed by atoms with E-state index in [0.717, 1.165) is 4.90 Å². The summed E-state index contributed by atoms with van der Waals surface area (Å²) in [6.07, 6.45) is -9.46. The standard InChI is InChI=1S/C7H11F3N2O2.C2HF3O2/c8-7(9,10)5-3-11-1-2-12(5)4-6(13)14;3-2(4,5)1(6)7/h5,11H,1-4H2,(H,13,14);(H,6,7)/t5-;/m1./s1. The summed E-state index contributed by atoms with van der Waals surface area (Å²) >= 11 is 0. The maximum absolute atomic E-state index is 12.4. The number of carboxylic acid groups (broad SMARTS) is 2. The molecule has 0 bridgehead atoms. The van der Waals surface area contributed by atoms with E-state index in [1.807, 2.05) is 0 Å². The van der Waals surface area contributed by atoms with Gasteiger partial charge in [0, 0.05) is 19.6 Å². The Bertz CT molecular complexity index is 370. The summed E-state index contributed by atoms with van der Waals surface area (Å²) in [5.41, 5.74) is 0. The van der Waals surface area contributed by atoms with Crippen LogP contribution in [-0.2, 0) is 9.59 Å². The van der Waals surface area contributed by atoms with Crippen molar-refractivity contribution in [1.29, 1.82) is 0 Å². The second-order valence-corrected chi connectivity index (χ2v) is 3.93. The third-order valence-corrected chi connectivity index (χ3v) is 2.31. The van der Waals surface area contributed by atoms with E-state index in [1.54, 1.807) is 0 Å². The Balaban J connectivity index is 0.000000486. The van der Waals surface area contributed by atoms with Gasteiger partial charge >= 0.3 is 24.3 Å². The Morgan fingerprint density at radius 2 is 1.62 bits per heavy atom. The van der Waals surface area contributed by atoms with Crippen LogP contribution in [0.3, 0.4) is 0 Å². The minimum atomic E-state index is -5.08. The summed E-state index contributed by atoms with van der Waals surface area (Å²) in [6, 6.07) is -1.69. The van der Waals surface area contributed by atoms with Crippen molar-refractivity contribution < 1.29 is 46.1 Å². The third-order valence-electron chi connectivity index (χ3n) is 2.31. The average molecular weight is 326 g/mol. The predicted molar refractivity (Wildman–Crippen MR) is 55.6 cm³/mol. The van der Waals surface area contributed by atoms with Crippen molar-refractivity contribution in [3.63, 3.8) is 0 Å². The van der Waals surface area contributed by atoms with Gasteiger partial charge in [-0.2, -0.15) is 26.3 Å². The highest BCUT2D eigenvalue weighted by Gasteiger charge is 2.44. The fourth-order valence-corrected chi connectivity index (χ4v) is 1.43. The van der Waals surface area contributed by atoms with Crippen LogP contribution < -0.4 is 5.32 Å². The van der Waals surface area contributed by atoms with Gasteiger partial charge in [-0.1, -0.05) is 0 Å². The molecule has 1 rings (SSSR count). The van der Waals surface area contributed by atoms with Crippen molar-refractivity contribution in [3.8, 4) is 0 Å². The zero-order chi connectivity index (χ0) is 16.8. The fraction of sp³-hybridized carbons (Fsp3) is 0.778. The first-order chi connectivity index (χ1) is 9.35. The van der Waals surface area contributed by atoms with Gasteiger partial charge in [0.1, 0.15) is 6.04 Å². The van der Waals surface area contributed by atoms with E-state index in [9.17, 15) is 31.1 Å². The number of nitrogens with zero attached hydrogens (tertiary/aromatic N) is 1. The van der Waals surface area contributed by atoms with Crippen LogP contribution >= 0.6 is 0 Å². The van der Waals surface area contributed by atoms with Crippen molar-refractivity contribution >= 4 is 11.9 Å². The van der Waals surface area contributed by atoms with Crippen LogP contribution in [0.5, 0.6) is 0 Å². The maximum Gasteiger partial charge on any atom is 0.490 e. The fourth-order valence-electron chi connectivity index (χ4n) is 1.43. The third kappa shape index (κ3) is 7.70. The van der Waals surface area contributed by atoms with E-state index in [1.165, 1.54) is 0 Å². The van der Waals surface area contributed by atoms with Gasteiger partial charge in [0.05, 0.1) is 6.54 Å². The average Bonchev–Trinajstić information content (AvgIpc) is 2.26. The highest BCUT2D eigenvalue weighted by atomic mass is 19.4. The van der Waals surface area contributed by atoms with Crippen LogP contribution in [0.2, 0.25) is 0 Å². The molecule has 0 saturated carbocycles. The lowest BCUT2D eigenvalue weighted by Gasteiger charge is -2.35. The first-order valence-electron chi connectivity index (χ1n) is 5.39. The molecule has 1 aliphatic rings. The number of halogens is 6. The predicted octanol–water partition coefficient (Wildman–Crippen LogP) is 0.540. The van der Waals surface area contributed by atoms with Crippen molar-refractivity contribution in [2.75, 3.05) is 26.2 Å². The molecule has 1 fully saturated rings. The molecule has 0 amide bonds. The van der Waals surface area contributed by atoms with Crippen LogP contribution in [0.15, 0.2) is 0 Å². The smallest absolute Gasteiger partial charge is 0.480 e. The van der Waals surface area contributed by atoms with E-state index in [4.69, 9.17) is 15.0 Å². The van der Waals surface area contributed by atoms with Crippen molar-refractivity contribution in [2.24, 2.45) is 0 Å². The van der Waals surface area contributed by atoms with Crippen molar-refractivity contribution in [1.82, 2.24) is 10.2 Å². The van der Waals surface area contributed by atoms with Gasteiger partial charge in [-0.15, -0.1) is 0 Å². The Hall–Kier alpha value is -1.56. The number of carbonyl (C=O) groups is 2. The molecule has 0 unspecified atom stereocenters. The van der Waals surface area contributed by atoms with Crippen LogP contribution in [0.4, 0.5) is 26.3 Å². The largest absolute Gasteiger partial charge is 0.490 e. The first kappa shape index (κ1) is 19.4. The quantitative estimate of drug-likeness (QED) is 0.642. The maximum atomic E-state index is 12.4. The molecule has 21 heavy (non-hydrogen) atoms. The number of aliphatic carboxylic acids is 2. The number of rotatable bonds is 2. The molecule has 0 aromatic carbocycles. The molecular formula is C9H12F6N2O4. The normalized spacial score (nSPS) is 20.4. The first-order valence-corrected chi connectivity index (χ1v) is 5.39. The van der Waals surface area contributed by atoms with Gasteiger partial charge in [-0.3, -0.25) is 9.69 Å². The number of hydrogen-bond acceptors (Lipinski definition) is 4. The zero-order valence-corrected chi connectivity index (χ0v) is 10.3. The molecule has 0 aliphatic carbocycles. The highest BCUT2D eigenvalue weighted by molar-refractivity contribution is 5.73. The second kappa shape index (κ2) is 7.45. The lowest BCUT2D eigenvalue weighted by Crippen LogP contribution is -2.58. The molecule has 1 heterocycles. The lowest BCUT2D eigenvalue weighted by molar-refractivity contribution is -0.192. The summed E-state index contributed by atoms with van der Waals surface area (Å²) in [4.78, 5) is 20.1. The number of piperazine rings is 1. The molecule has 1 atom stereocenters. The molecule has 1 aliphatic heterocycles. The molecule has 0 aromatic heterocycles. The van der Waals surface area contributed by atoms with Gasteiger partial charge in [-0.05, 0) is 0 Å². The number of hydrogen-bond donors (Lipinski definition) is 3. The van der Waals surface area contributed by atoms with E-state index in [2.05, 4.69) is 5.32 Å². The topological polar surface area (TPSA) is 89.9 Å². The zero-order valence-electron chi connectivity index (χ0n) is 10.3. The van der Waals surface area contributed by atoms with Crippen LogP contribution in [0.25, 0.3) is 0 Å². The van der Waals surface area contributed by atoms with Crippen molar-refractivity contribution in [2.45, 2.75) is 18.4 Å². The van der Waals surface area contributed by atoms with Gasteiger partial charge in [0.2, 0.25) is 0 Å². The molecular weight excluding hydrogens is 314 g/mol. The van der Waals surface area contributed by atoms with E-state index in [-0.39, 0.29) is 13.1 Å². The lowest BCUT2D eigenvalue weighted by atomic mass is 10.2. The summed E-state index contributed by atoms with van der Waals surface area (Å²) in [5.74, 6) is -3.99. The SMILES string of the molecule is O=C(O)C(F)(F)F.O=C(O)CN1CCNC[C@@H]1C(F)(F)F. The minimum absolute atomic E-state index is 0.108. The number of nitrogens with one attached hydrogen (secondary N) is 1. The molecule has 6 nitrogen and oxygen atoms in total. The molecule has 12 heteroatoms. The Kier molecular flexibility index (Phi) is 6.90. The molecule has 0 spiro atoms. The Labute approximate surface area is 114 Å². The summed E-state index contributed by atoms with van der Waals surface area (Å²) < 4.78 is 68.8. The number of carboxylic acids is 2. The van der Waals surface area contributed by atoms with Gasteiger partial charge < -0.3 is 15.5 Å². The molecule has 1 saturated heterocycles. The van der Waals surface area contributed by atoms with E-state index in [0.29, 0.717) is 6.54 Å². The Morgan fingerprint density at radius 3 is 1.95 bits per heavy atom. The monoisotopic (exact) mass is 326 g/mol. The molecule has 124 valence electrons. The number of alkyl halides is 6. The summed E-state index contributed by atoms with van der Waals surface area (Å²) in [7, 11) is 0. The molecule has 0 aromatic rings. The van der Waals surface area contributed by atoms with Gasteiger partial charge in [0.25, 0.3) is 0 Å². The highest BCUT2D eigenvalue weighted by Crippen LogP contribution is 2.25.